The molecular formula is C16H18FNO. The molecule has 0 amide bonds. The summed E-state index contributed by atoms with van der Waals surface area (Å²) < 4.78 is 19.2. The van der Waals surface area contributed by atoms with Crippen LogP contribution >= 0.6 is 0 Å². The van der Waals surface area contributed by atoms with Gasteiger partial charge in [0, 0.05) is 12.1 Å². The first-order valence-electron chi connectivity index (χ1n) is 6.31. The number of aryl methyl sites for hydroxylation is 1. The van der Waals surface area contributed by atoms with Crippen molar-refractivity contribution in [2.45, 2.75) is 26.0 Å². The molecular weight excluding hydrogens is 241 g/mol. The summed E-state index contributed by atoms with van der Waals surface area (Å²) in [7, 11) is 0. The van der Waals surface area contributed by atoms with Crippen molar-refractivity contribution in [1.82, 2.24) is 0 Å². The van der Waals surface area contributed by atoms with Crippen LogP contribution in [0.5, 0.6) is 5.75 Å². The fourth-order valence-electron chi connectivity index (χ4n) is 1.96. The molecule has 0 aromatic heterocycles. The van der Waals surface area contributed by atoms with Crippen LogP contribution in [0.1, 0.15) is 24.2 Å². The smallest absolute Gasteiger partial charge is 0.138 e. The quantitative estimate of drug-likeness (QED) is 0.910. The lowest BCUT2D eigenvalue weighted by Crippen LogP contribution is -2.29. The van der Waals surface area contributed by atoms with E-state index in [-0.39, 0.29) is 18.0 Å². The van der Waals surface area contributed by atoms with E-state index in [1.807, 2.05) is 44.2 Å². The van der Waals surface area contributed by atoms with Gasteiger partial charge in [0.1, 0.15) is 17.7 Å². The minimum absolute atomic E-state index is 0.190. The molecule has 0 aliphatic rings. The van der Waals surface area contributed by atoms with Gasteiger partial charge in [0.2, 0.25) is 0 Å². The number of hydrogen-bond donors (Lipinski definition) is 1. The molecule has 0 aliphatic heterocycles. The SMILES string of the molecule is Cc1ccc(F)cc1OC(c1ccccc1)C(C)N. The van der Waals surface area contributed by atoms with Crippen LogP contribution in [0.3, 0.4) is 0 Å². The standard InChI is InChI=1S/C16H18FNO/c1-11-8-9-14(17)10-15(11)19-16(12(2)18)13-6-4-3-5-7-13/h3-10,12,16H,18H2,1-2H3. The number of nitrogens with two attached hydrogens (primary N) is 1. The third-order valence-electron chi connectivity index (χ3n) is 3.01. The van der Waals surface area contributed by atoms with Gasteiger partial charge in [0.05, 0.1) is 0 Å². The predicted octanol–water partition coefficient (Wildman–Crippen LogP) is 3.60. The van der Waals surface area contributed by atoms with E-state index in [1.165, 1.54) is 12.1 Å². The fraction of sp³-hybridized carbons (Fsp3) is 0.250. The minimum atomic E-state index is -0.308. The third kappa shape index (κ3) is 3.32. The Hall–Kier alpha value is -1.87. The predicted molar refractivity (Wildman–Crippen MR) is 74.6 cm³/mol. The van der Waals surface area contributed by atoms with Crippen LogP contribution in [-0.4, -0.2) is 6.04 Å². The molecule has 2 rings (SSSR count). The second-order valence-electron chi connectivity index (χ2n) is 4.72. The van der Waals surface area contributed by atoms with Gasteiger partial charge in [0.15, 0.2) is 0 Å². The molecule has 2 nitrogen and oxygen atoms in total. The van der Waals surface area contributed by atoms with Crippen molar-refractivity contribution < 1.29 is 9.13 Å². The van der Waals surface area contributed by atoms with Gasteiger partial charge < -0.3 is 10.5 Å². The van der Waals surface area contributed by atoms with Gasteiger partial charge in [-0.1, -0.05) is 36.4 Å². The van der Waals surface area contributed by atoms with Crippen LogP contribution in [-0.2, 0) is 0 Å². The number of benzene rings is 2. The van der Waals surface area contributed by atoms with Crippen molar-refractivity contribution in [2.24, 2.45) is 5.73 Å². The van der Waals surface area contributed by atoms with Gasteiger partial charge >= 0.3 is 0 Å². The Bertz CT molecular complexity index is 540. The summed E-state index contributed by atoms with van der Waals surface area (Å²) in [6.45, 7) is 3.77. The summed E-state index contributed by atoms with van der Waals surface area (Å²) in [6.07, 6.45) is -0.290. The van der Waals surface area contributed by atoms with E-state index in [4.69, 9.17) is 10.5 Å². The van der Waals surface area contributed by atoms with Gasteiger partial charge in [-0.25, -0.2) is 4.39 Å². The number of hydrogen-bond acceptors (Lipinski definition) is 2. The molecule has 2 atom stereocenters. The maximum Gasteiger partial charge on any atom is 0.138 e. The van der Waals surface area contributed by atoms with Crippen LogP contribution in [0.4, 0.5) is 4.39 Å². The van der Waals surface area contributed by atoms with E-state index in [1.54, 1.807) is 6.07 Å². The summed E-state index contributed by atoms with van der Waals surface area (Å²) in [6, 6.07) is 14.1. The van der Waals surface area contributed by atoms with Crippen molar-refractivity contribution >= 4 is 0 Å². The van der Waals surface area contributed by atoms with Crippen molar-refractivity contribution in [3.63, 3.8) is 0 Å². The first-order valence-corrected chi connectivity index (χ1v) is 6.31. The molecule has 2 aromatic rings. The molecule has 2 unspecified atom stereocenters. The highest BCUT2D eigenvalue weighted by atomic mass is 19.1. The Morgan fingerprint density at radius 1 is 1.11 bits per heavy atom. The molecule has 3 heteroatoms. The number of ether oxygens (including phenoxy) is 1. The van der Waals surface area contributed by atoms with E-state index in [2.05, 4.69) is 0 Å². The fourth-order valence-corrected chi connectivity index (χ4v) is 1.96. The molecule has 19 heavy (non-hydrogen) atoms. The van der Waals surface area contributed by atoms with E-state index < -0.39 is 0 Å². The normalized spacial score (nSPS) is 13.9. The molecule has 0 saturated heterocycles. The molecule has 0 spiro atoms. The molecule has 100 valence electrons. The Morgan fingerprint density at radius 2 is 1.79 bits per heavy atom. The molecule has 0 saturated carbocycles. The van der Waals surface area contributed by atoms with Crippen molar-refractivity contribution in [2.75, 3.05) is 0 Å². The first-order chi connectivity index (χ1) is 9.08. The van der Waals surface area contributed by atoms with E-state index in [9.17, 15) is 4.39 Å². The highest BCUT2D eigenvalue weighted by molar-refractivity contribution is 5.34. The Labute approximate surface area is 113 Å². The summed E-state index contributed by atoms with van der Waals surface area (Å²) >= 11 is 0. The molecule has 2 N–H and O–H groups in total. The summed E-state index contributed by atoms with van der Waals surface area (Å²) in [4.78, 5) is 0. The molecule has 2 aromatic carbocycles. The summed E-state index contributed by atoms with van der Waals surface area (Å²) in [5.41, 5.74) is 7.86. The van der Waals surface area contributed by atoms with Gasteiger partial charge in [0.25, 0.3) is 0 Å². The van der Waals surface area contributed by atoms with Gasteiger partial charge in [-0.15, -0.1) is 0 Å². The van der Waals surface area contributed by atoms with Crippen molar-refractivity contribution in [3.8, 4) is 5.75 Å². The molecule has 0 bridgehead atoms. The van der Waals surface area contributed by atoms with Gasteiger partial charge in [-0.05, 0) is 31.0 Å². The second kappa shape index (κ2) is 5.85. The maximum absolute atomic E-state index is 13.3. The molecule has 0 aliphatic carbocycles. The monoisotopic (exact) mass is 259 g/mol. The third-order valence-corrected chi connectivity index (χ3v) is 3.01. The zero-order valence-corrected chi connectivity index (χ0v) is 11.1. The van der Waals surface area contributed by atoms with Crippen molar-refractivity contribution in [1.29, 1.82) is 0 Å². The Balaban J connectivity index is 2.29. The minimum Gasteiger partial charge on any atom is -0.484 e. The zero-order valence-electron chi connectivity index (χ0n) is 11.1. The molecule has 0 radical (unpaired) electrons. The molecule has 0 heterocycles. The summed E-state index contributed by atoms with van der Waals surface area (Å²) in [5, 5.41) is 0. The summed E-state index contributed by atoms with van der Waals surface area (Å²) in [5.74, 6) is 0.225. The number of halogens is 1. The highest BCUT2D eigenvalue weighted by Crippen LogP contribution is 2.27. The van der Waals surface area contributed by atoms with Gasteiger partial charge in [-0.3, -0.25) is 0 Å². The maximum atomic E-state index is 13.3. The lowest BCUT2D eigenvalue weighted by Gasteiger charge is -2.24. The average molecular weight is 259 g/mol. The van der Waals surface area contributed by atoms with E-state index in [0.717, 1.165) is 11.1 Å². The zero-order chi connectivity index (χ0) is 13.8. The highest BCUT2D eigenvalue weighted by Gasteiger charge is 2.19. The number of rotatable bonds is 4. The van der Waals surface area contributed by atoms with E-state index in [0.29, 0.717) is 5.75 Å². The second-order valence-corrected chi connectivity index (χ2v) is 4.72. The van der Waals surface area contributed by atoms with Gasteiger partial charge in [-0.2, -0.15) is 0 Å². The van der Waals surface area contributed by atoms with E-state index >= 15 is 0 Å². The average Bonchev–Trinajstić information content (AvgIpc) is 2.40. The lowest BCUT2D eigenvalue weighted by atomic mass is 10.0. The Kier molecular flexibility index (Phi) is 4.17. The topological polar surface area (TPSA) is 35.2 Å². The van der Waals surface area contributed by atoms with Crippen LogP contribution in [0, 0.1) is 12.7 Å². The molecule has 0 fully saturated rings. The van der Waals surface area contributed by atoms with Crippen LogP contribution in [0.25, 0.3) is 0 Å². The Morgan fingerprint density at radius 3 is 2.42 bits per heavy atom. The van der Waals surface area contributed by atoms with Crippen LogP contribution in [0.15, 0.2) is 48.5 Å². The first kappa shape index (κ1) is 13.6. The largest absolute Gasteiger partial charge is 0.484 e. The lowest BCUT2D eigenvalue weighted by molar-refractivity contribution is 0.178. The van der Waals surface area contributed by atoms with Crippen molar-refractivity contribution in [3.05, 3.63) is 65.5 Å². The van der Waals surface area contributed by atoms with Crippen LogP contribution in [0.2, 0.25) is 0 Å². The van der Waals surface area contributed by atoms with Crippen LogP contribution < -0.4 is 10.5 Å².